The molecule has 1 fully saturated rings. The second-order valence-electron chi connectivity index (χ2n) is 10.7. The average Bonchev–Trinajstić information content (AvgIpc) is 2.95. The first-order valence-electron chi connectivity index (χ1n) is 13.9. The largest absolute Gasteiger partial charge is 0.353 e. The molecule has 1 amide bonds. The van der Waals surface area contributed by atoms with E-state index in [0.29, 0.717) is 13.1 Å². The molecule has 1 saturated heterocycles. The molecule has 0 saturated carbocycles. The van der Waals surface area contributed by atoms with Crippen LogP contribution in [0.25, 0.3) is 10.8 Å². The maximum atomic E-state index is 13.1. The van der Waals surface area contributed by atoms with Crippen molar-refractivity contribution in [1.82, 2.24) is 15.5 Å². The molecule has 1 heterocycles. The van der Waals surface area contributed by atoms with E-state index in [1.807, 2.05) is 32.1 Å². The number of nitrogens with one attached hydrogen (secondary N) is 2. The van der Waals surface area contributed by atoms with Crippen LogP contribution in [0.5, 0.6) is 0 Å². The Hall–Kier alpha value is -3.39. The average molecular weight is 508 g/mol. The summed E-state index contributed by atoms with van der Waals surface area (Å²) >= 11 is 0. The summed E-state index contributed by atoms with van der Waals surface area (Å²) in [5, 5.41) is 9.29. The van der Waals surface area contributed by atoms with E-state index >= 15 is 0 Å². The molecule has 4 rings (SSSR count). The topological polar surface area (TPSA) is 44.4 Å². The zero-order chi connectivity index (χ0) is 26.8. The molecular weight excluding hydrogens is 466 g/mol. The minimum Gasteiger partial charge on any atom is -0.353 e. The van der Waals surface area contributed by atoms with Crippen LogP contribution in [0.15, 0.2) is 84.9 Å². The van der Waals surface area contributed by atoms with E-state index in [2.05, 4.69) is 101 Å². The molecule has 0 spiro atoms. The summed E-state index contributed by atoms with van der Waals surface area (Å²) in [6.45, 7) is 9.43. The first-order valence-corrected chi connectivity index (χ1v) is 13.9. The second-order valence-corrected chi connectivity index (χ2v) is 10.7. The van der Waals surface area contributed by atoms with Gasteiger partial charge < -0.3 is 10.6 Å². The van der Waals surface area contributed by atoms with Crippen LogP contribution in [0.3, 0.4) is 0 Å². The van der Waals surface area contributed by atoms with Crippen LogP contribution >= 0.6 is 0 Å². The third-order valence-corrected chi connectivity index (χ3v) is 7.46. The lowest BCUT2D eigenvalue weighted by atomic mass is 9.92. The summed E-state index contributed by atoms with van der Waals surface area (Å²) in [5.74, 6) is 6.22. The third kappa shape index (κ3) is 7.34. The number of allylic oxidation sites excluding steroid dienone is 1. The Morgan fingerprint density at radius 1 is 0.974 bits per heavy atom. The van der Waals surface area contributed by atoms with Crippen molar-refractivity contribution < 1.29 is 4.79 Å². The summed E-state index contributed by atoms with van der Waals surface area (Å²) in [4.78, 5) is 15.6. The normalized spacial score (nSPS) is 16.1. The zero-order valence-electron chi connectivity index (χ0n) is 23.0. The van der Waals surface area contributed by atoms with Crippen LogP contribution in [0, 0.1) is 17.3 Å². The van der Waals surface area contributed by atoms with E-state index in [1.165, 1.54) is 41.2 Å². The van der Waals surface area contributed by atoms with Crippen LogP contribution in [-0.2, 0) is 4.79 Å². The summed E-state index contributed by atoms with van der Waals surface area (Å²) in [7, 11) is 0. The molecule has 198 valence electrons. The van der Waals surface area contributed by atoms with Gasteiger partial charge in [0.05, 0.1) is 6.04 Å². The molecule has 3 aromatic rings. The lowest BCUT2D eigenvalue weighted by molar-refractivity contribution is -0.127. The minimum absolute atomic E-state index is 0.0287. The van der Waals surface area contributed by atoms with Gasteiger partial charge in [-0.15, -0.1) is 0 Å². The molecule has 1 unspecified atom stereocenters. The Bertz CT molecular complexity index is 1270. The highest BCUT2D eigenvalue weighted by Crippen LogP contribution is 2.25. The van der Waals surface area contributed by atoms with Crippen molar-refractivity contribution in [3.05, 3.63) is 96.1 Å². The van der Waals surface area contributed by atoms with E-state index in [-0.39, 0.29) is 18.0 Å². The number of carbonyl (C=O) groups excluding carboxylic acids is 1. The van der Waals surface area contributed by atoms with E-state index in [0.717, 1.165) is 13.1 Å². The minimum atomic E-state index is -0.767. The molecule has 1 aliphatic heterocycles. The van der Waals surface area contributed by atoms with Gasteiger partial charge in [-0.3, -0.25) is 9.69 Å². The number of benzene rings is 3. The molecular formula is C34H41N3O. The van der Waals surface area contributed by atoms with Crippen molar-refractivity contribution >= 4 is 16.7 Å². The first kappa shape index (κ1) is 27.6. The summed E-state index contributed by atoms with van der Waals surface area (Å²) in [6, 6.07) is 25.9. The number of hydrogen-bond donors (Lipinski definition) is 2. The van der Waals surface area contributed by atoms with Crippen molar-refractivity contribution in [1.29, 1.82) is 0 Å². The SMILES string of the molecule is C[C@@H](NCC=CC#CC(C)(C)C(=O)NCC(c1ccccc1)N1CCCCC1)c1cccc2ccccc12. The summed E-state index contributed by atoms with van der Waals surface area (Å²) in [5.41, 5.74) is 1.78. The molecule has 0 radical (unpaired) electrons. The number of fused-ring (bicyclic) bond motifs is 1. The van der Waals surface area contributed by atoms with Gasteiger partial charge >= 0.3 is 0 Å². The van der Waals surface area contributed by atoms with Gasteiger partial charge in [0, 0.05) is 19.1 Å². The molecule has 4 heteroatoms. The molecule has 1 aliphatic rings. The number of amides is 1. The van der Waals surface area contributed by atoms with Gasteiger partial charge in [-0.1, -0.05) is 97.1 Å². The number of hydrogen-bond acceptors (Lipinski definition) is 3. The fourth-order valence-electron chi connectivity index (χ4n) is 5.15. The van der Waals surface area contributed by atoms with Crippen molar-refractivity contribution in [2.24, 2.45) is 5.41 Å². The fraction of sp³-hybridized carbons (Fsp3) is 0.382. The summed E-state index contributed by atoms with van der Waals surface area (Å²) < 4.78 is 0. The van der Waals surface area contributed by atoms with Gasteiger partial charge in [0.15, 0.2) is 0 Å². The number of piperidine rings is 1. The fourth-order valence-corrected chi connectivity index (χ4v) is 5.15. The Labute approximate surface area is 228 Å². The van der Waals surface area contributed by atoms with E-state index in [1.54, 1.807) is 0 Å². The zero-order valence-corrected chi connectivity index (χ0v) is 23.0. The van der Waals surface area contributed by atoms with Gasteiger partial charge in [0.25, 0.3) is 0 Å². The standard InChI is InChI=1S/C34H41N3O/c1-27(30-21-15-19-28-16-9-10-20-31(28)30)35-23-12-5-11-22-34(2,3)33(38)36-26-32(29-17-7-4-8-18-29)37-24-13-6-14-25-37/h4-5,7-10,12,15-21,27,32,35H,6,13-14,23-26H2,1-3H3,(H,36,38)/t27-,32?/m1/s1. The van der Waals surface area contributed by atoms with Crippen molar-refractivity contribution in [3.8, 4) is 11.8 Å². The molecule has 0 aromatic heterocycles. The molecule has 38 heavy (non-hydrogen) atoms. The molecule has 3 aromatic carbocycles. The van der Waals surface area contributed by atoms with Crippen molar-refractivity contribution in [2.45, 2.75) is 52.1 Å². The first-order chi connectivity index (χ1) is 18.5. The maximum Gasteiger partial charge on any atom is 0.237 e. The Morgan fingerprint density at radius 2 is 1.68 bits per heavy atom. The van der Waals surface area contributed by atoms with Gasteiger partial charge in [-0.05, 0) is 74.7 Å². The Balaban J connectivity index is 1.29. The highest BCUT2D eigenvalue weighted by Gasteiger charge is 2.28. The van der Waals surface area contributed by atoms with E-state index in [9.17, 15) is 4.79 Å². The number of nitrogens with zero attached hydrogens (tertiary/aromatic N) is 1. The van der Waals surface area contributed by atoms with Gasteiger partial charge in [-0.25, -0.2) is 0 Å². The number of likely N-dealkylation sites (tertiary alicyclic amines) is 1. The quantitative estimate of drug-likeness (QED) is 0.329. The highest BCUT2D eigenvalue weighted by atomic mass is 16.2. The van der Waals surface area contributed by atoms with Crippen molar-refractivity contribution in [2.75, 3.05) is 26.2 Å². The number of rotatable bonds is 9. The van der Waals surface area contributed by atoms with Gasteiger partial charge in [-0.2, -0.15) is 0 Å². The number of carbonyl (C=O) groups is 1. The van der Waals surface area contributed by atoms with Crippen LogP contribution < -0.4 is 10.6 Å². The Morgan fingerprint density at radius 3 is 2.47 bits per heavy atom. The van der Waals surface area contributed by atoms with E-state index in [4.69, 9.17) is 0 Å². The van der Waals surface area contributed by atoms with Gasteiger partial charge in [0.2, 0.25) is 5.91 Å². The maximum absolute atomic E-state index is 13.1. The van der Waals surface area contributed by atoms with Crippen LogP contribution in [0.4, 0.5) is 0 Å². The van der Waals surface area contributed by atoms with Crippen molar-refractivity contribution in [3.63, 3.8) is 0 Å². The molecule has 0 aliphatic carbocycles. The smallest absolute Gasteiger partial charge is 0.237 e. The molecule has 0 bridgehead atoms. The van der Waals surface area contributed by atoms with Crippen LogP contribution in [0.1, 0.15) is 63.2 Å². The summed E-state index contributed by atoms with van der Waals surface area (Å²) in [6.07, 6.45) is 7.59. The molecule has 2 atom stereocenters. The molecule has 2 N–H and O–H groups in total. The predicted molar refractivity (Wildman–Crippen MR) is 159 cm³/mol. The predicted octanol–water partition coefficient (Wildman–Crippen LogP) is 6.42. The molecule has 4 nitrogen and oxygen atoms in total. The second kappa shape index (κ2) is 13.4. The third-order valence-electron chi connectivity index (χ3n) is 7.46. The highest BCUT2D eigenvalue weighted by molar-refractivity contribution is 5.86. The Kier molecular flexibility index (Phi) is 9.76. The lowest BCUT2D eigenvalue weighted by Crippen LogP contribution is -2.43. The van der Waals surface area contributed by atoms with Crippen LogP contribution in [-0.4, -0.2) is 37.0 Å². The van der Waals surface area contributed by atoms with Gasteiger partial charge in [0.1, 0.15) is 5.41 Å². The lowest BCUT2D eigenvalue weighted by Gasteiger charge is -2.35. The monoisotopic (exact) mass is 507 g/mol. The van der Waals surface area contributed by atoms with Crippen LogP contribution in [0.2, 0.25) is 0 Å². The van der Waals surface area contributed by atoms with E-state index < -0.39 is 5.41 Å².